The normalized spacial score (nSPS) is 12.5. The number of rotatable bonds is 5. The predicted molar refractivity (Wildman–Crippen MR) is 88.6 cm³/mol. The lowest BCUT2D eigenvalue weighted by molar-refractivity contribution is 0.575. The molecule has 1 N–H and O–H groups in total. The highest BCUT2D eigenvalue weighted by atomic mass is 79.9. The van der Waals surface area contributed by atoms with Crippen LogP contribution in [0, 0.1) is 0 Å². The van der Waals surface area contributed by atoms with Crippen LogP contribution in [0.25, 0.3) is 5.69 Å². The van der Waals surface area contributed by atoms with Crippen molar-refractivity contribution in [3.8, 4) is 5.69 Å². The van der Waals surface area contributed by atoms with Gasteiger partial charge in [-0.1, -0.05) is 12.1 Å². The second-order valence-electron chi connectivity index (χ2n) is 4.79. The van der Waals surface area contributed by atoms with E-state index in [1.807, 2.05) is 0 Å². The van der Waals surface area contributed by atoms with Crippen molar-refractivity contribution in [2.75, 3.05) is 0 Å². The summed E-state index contributed by atoms with van der Waals surface area (Å²) in [6.07, 6.45) is 3.24. The first-order valence-electron chi connectivity index (χ1n) is 6.63. The number of thiophene rings is 1. The molecule has 0 radical (unpaired) electrons. The largest absolute Gasteiger partial charge is 0.306 e. The highest BCUT2D eigenvalue weighted by molar-refractivity contribution is 9.11. The van der Waals surface area contributed by atoms with Gasteiger partial charge < -0.3 is 5.32 Å². The zero-order valence-electron chi connectivity index (χ0n) is 11.5. The van der Waals surface area contributed by atoms with E-state index in [-0.39, 0.29) is 0 Å². The molecule has 0 spiro atoms. The summed E-state index contributed by atoms with van der Waals surface area (Å²) in [6, 6.07) is 10.8. The molecule has 0 fully saturated rings. The fourth-order valence-electron chi connectivity index (χ4n) is 2.08. The molecule has 1 atom stereocenters. The van der Waals surface area contributed by atoms with Gasteiger partial charge in [-0.05, 0) is 57.6 Å². The molecule has 1 aromatic carbocycles. The lowest BCUT2D eigenvalue weighted by atomic mass is 10.1. The van der Waals surface area contributed by atoms with Gasteiger partial charge in [0.1, 0.15) is 12.7 Å². The number of halogens is 1. The van der Waals surface area contributed by atoms with E-state index in [9.17, 15) is 0 Å². The molecule has 3 rings (SSSR count). The fraction of sp³-hybridized carbons (Fsp3) is 0.200. The van der Waals surface area contributed by atoms with Gasteiger partial charge in [0.25, 0.3) is 0 Å². The summed E-state index contributed by atoms with van der Waals surface area (Å²) in [4.78, 5) is 3.96. The Labute approximate surface area is 136 Å². The second kappa shape index (κ2) is 6.51. The highest BCUT2D eigenvalue weighted by Gasteiger charge is 2.06. The van der Waals surface area contributed by atoms with E-state index in [4.69, 9.17) is 0 Å². The summed E-state index contributed by atoms with van der Waals surface area (Å²) in [5, 5.41) is 9.82. The first-order chi connectivity index (χ1) is 10.2. The Kier molecular flexibility index (Phi) is 4.48. The summed E-state index contributed by atoms with van der Waals surface area (Å²) >= 11 is 5.20. The van der Waals surface area contributed by atoms with E-state index >= 15 is 0 Å². The lowest BCUT2D eigenvalue weighted by Gasteiger charge is -2.14. The molecule has 0 saturated heterocycles. The highest BCUT2D eigenvalue weighted by Crippen LogP contribution is 2.21. The molecule has 0 aliphatic rings. The third-order valence-electron chi connectivity index (χ3n) is 3.31. The minimum atomic E-state index is 0.300. The van der Waals surface area contributed by atoms with Crippen molar-refractivity contribution in [1.29, 1.82) is 0 Å². The average molecular weight is 363 g/mol. The zero-order chi connectivity index (χ0) is 14.7. The number of aromatic nitrogens is 3. The number of nitrogens with one attached hydrogen (secondary N) is 1. The molecular formula is C15H15BrN4S. The zero-order valence-corrected chi connectivity index (χ0v) is 13.9. The molecule has 0 amide bonds. The Morgan fingerprint density at radius 2 is 2.14 bits per heavy atom. The maximum atomic E-state index is 4.13. The molecule has 0 aliphatic heterocycles. The maximum Gasteiger partial charge on any atom is 0.138 e. The van der Waals surface area contributed by atoms with Crippen molar-refractivity contribution in [2.45, 2.75) is 19.5 Å². The van der Waals surface area contributed by atoms with Crippen molar-refractivity contribution >= 4 is 27.3 Å². The SMILES string of the molecule is C[C@H](NCc1csc(Br)c1)c1ccc(-n2cncn2)cc1. The van der Waals surface area contributed by atoms with E-state index < -0.39 is 0 Å². The minimum absolute atomic E-state index is 0.300. The van der Waals surface area contributed by atoms with Gasteiger partial charge in [-0.2, -0.15) is 5.10 Å². The van der Waals surface area contributed by atoms with E-state index in [0.717, 1.165) is 12.2 Å². The van der Waals surface area contributed by atoms with Crippen LogP contribution in [-0.4, -0.2) is 14.8 Å². The summed E-state index contributed by atoms with van der Waals surface area (Å²) in [7, 11) is 0. The van der Waals surface area contributed by atoms with Gasteiger partial charge in [0.05, 0.1) is 9.47 Å². The van der Waals surface area contributed by atoms with Gasteiger partial charge in [-0.15, -0.1) is 11.3 Å². The van der Waals surface area contributed by atoms with Gasteiger partial charge >= 0.3 is 0 Å². The summed E-state index contributed by atoms with van der Waals surface area (Å²) in [6.45, 7) is 3.04. The van der Waals surface area contributed by atoms with Crippen LogP contribution >= 0.6 is 27.3 Å². The Bertz CT molecular complexity index is 691. The number of hydrogen-bond acceptors (Lipinski definition) is 4. The molecule has 3 aromatic rings. The fourth-order valence-corrected chi connectivity index (χ4v) is 3.29. The smallest absolute Gasteiger partial charge is 0.138 e. The van der Waals surface area contributed by atoms with Crippen LogP contribution in [0.5, 0.6) is 0 Å². The van der Waals surface area contributed by atoms with Crippen LogP contribution in [-0.2, 0) is 6.54 Å². The van der Waals surface area contributed by atoms with Crippen molar-refractivity contribution in [3.05, 3.63) is 63.3 Å². The van der Waals surface area contributed by atoms with Gasteiger partial charge in [0, 0.05) is 12.6 Å². The summed E-state index contributed by atoms with van der Waals surface area (Å²) in [5.74, 6) is 0. The van der Waals surface area contributed by atoms with Crippen molar-refractivity contribution < 1.29 is 0 Å². The van der Waals surface area contributed by atoms with E-state index in [1.54, 1.807) is 22.3 Å². The third kappa shape index (κ3) is 3.58. The molecule has 6 heteroatoms. The van der Waals surface area contributed by atoms with E-state index in [0.29, 0.717) is 6.04 Å². The molecule has 0 unspecified atom stereocenters. The number of hydrogen-bond donors (Lipinski definition) is 1. The molecule has 4 nitrogen and oxygen atoms in total. The lowest BCUT2D eigenvalue weighted by Crippen LogP contribution is -2.17. The van der Waals surface area contributed by atoms with Crippen LogP contribution in [0.1, 0.15) is 24.1 Å². The van der Waals surface area contributed by atoms with E-state index in [1.165, 1.54) is 21.2 Å². The van der Waals surface area contributed by atoms with Crippen LogP contribution in [0.15, 0.2) is 52.2 Å². The monoisotopic (exact) mass is 362 g/mol. The van der Waals surface area contributed by atoms with Crippen molar-refractivity contribution in [2.24, 2.45) is 0 Å². The predicted octanol–water partition coefficient (Wildman–Crippen LogP) is 3.94. The van der Waals surface area contributed by atoms with Crippen LogP contribution in [0.2, 0.25) is 0 Å². The molecule has 0 bridgehead atoms. The van der Waals surface area contributed by atoms with Gasteiger partial charge in [-0.25, -0.2) is 9.67 Å². The quantitative estimate of drug-likeness (QED) is 0.747. The van der Waals surface area contributed by atoms with Crippen LogP contribution in [0.4, 0.5) is 0 Å². The minimum Gasteiger partial charge on any atom is -0.306 e. The number of nitrogens with zero attached hydrogens (tertiary/aromatic N) is 3. The second-order valence-corrected chi connectivity index (χ2v) is 7.08. The Hall–Kier alpha value is -1.50. The van der Waals surface area contributed by atoms with Crippen LogP contribution < -0.4 is 5.32 Å². The molecular weight excluding hydrogens is 348 g/mol. The molecule has 0 saturated carbocycles. The summed E-state index contributed by atoms with van der Waals surface area (Å²) in [5.41, 5.74) is 3.58. The molecule has 108 valence electrons. The average Bonchev–Trinajstić information content (AvgIpc) is 3.16. The Balaban J connectivity index is 1.63. The van der Waals surface area contributed by atoms with Crippen molar-refractivity contribution in [3.63, 3.8) is 0 Å². The Morgan fingerprint density at radius 1 is 1.33 bits per heavy atom. The maximum absolute atomic E-state index is 4.13. The Morgan fingerprint density at radius 3 is 2.76 bits per heavy atom. The molecule has 0 aliphatic carbocycles. The van der Waals surface area contributed by atoms with E-state index in [2.05, 4.69) is 74.0 Å². The van der Waals surface area contributed by atoms with Crippen molar-refractivity contribution in [1.82, 2.24) is 20.1 Å². The first-order valence-corrected chi connectivity index (χ1v) is 8.31. The molecule has 2 aromatic heterocycles. The van der Waals surface area contributed by atoms with Crippen LogP contribution in [0.3, 0.4) is 0 Å². The van der Waals surface area contributed by atoms with Gasteiger partial charge in [-0.3, -0.25) is 0 Å². The van der Waals surface area contributed by atoms with Gasteiger partial charge in [0.2, 0.25) is 0 Å². The molecule has 2 heterocycles. The standard InChI is InChI=1S/C15H15BrN4S/c1-11(18-7-12-6-15(16)21-8-12)13-2-4-14(5-3-13)20-10-17-9-19-20/h2-6,8-11,18H,7H2,1H3/t11-/m0/s1. The number of benzene rings is 1. The topological polar surface area (TPSA) is 42.7 Å². The molecule has 21 heavy (non-hydrogen) atoms. The first kappa shape index (κ1) is 14.4. The third-order valence-corrected chi connectivity index (χ3v) is 4.86. The van der Waals surface area contributed by atoms with Gasteiger partial charge in [0.15, 0.2) is 0 Å². The summed E-state index contributed by atoms with van der Waals surface area (Å²) < 4.78 is 2.93.